The Hall–Kier alpha value is -2.96. The van der Waals surface area contributed by atoms with Crippen LogP contribution in [0.15, 0.2) is 24.0 Å². The number of nitrogens with zero attached hydrogens (tertiary/aromatic N) is 4. The molecule has 1 aromatic carbocycles. The number of alkyl halides is 3. The van der Waals surface area contributed by atoms with Gasteiger partial charge in [0.25, 0.3) is 0 Å². The van der Waals surface area contributed by atoms with E-state index < -0.39 is 17.8 Å². The molecule has 0 radical (unpaired) electrons. The fraction of sp³-hybridized carbons (Fsp3) is 0.600. The van der Waals surface area contributed by atoms with Gasteiger partial charge in [0.2, 0.25) is 0 Å². The first-order valence-electron chi connectivity index (χ1n) is 14.4. The van der Waals surface area contributed by atoms with E-state index in [1.165, 1.54) is 45.6 Å². The fourth-order valence-corrected chi connectivity index (χ4v) is 6.48. The number of aromatic nitrogens is 2. The van der Waals surface area contributed by atoms with Gasteiger partial charge in [0, 0.05) is 43.3 Å². The summed E-state index contributed by atoms with van der Waals surface area (Å²) in [5, 5.41) is 0. The quantitative estimate of drug-likeness (QED) is 0.375. The largest absolute Gasteiger partial charge is 0.467 e. The number of nitrogens with two attached hydrogens (primary N) is 1. The summed E-state index contributed by atoms with van der Waals surface area (Å²) < 4.78 is 70.4. The average molecular weight is 594 g/mol. The number of ether oxygens (including phenoxy) is 3. The van der Waals surface area contributed by atoms with Crippen LogP contribution >= 0.6 is 0 Å². The van der Waals surface area contributed by atoms with E-state index in [1.807, 2.05) is 0 Å². The van der Waals surface area contributed by atoms with Crippen molar-refractivity contribution in [1.29, 1.82) is 0 Å². The Morgan fingerprint density at radius 3 is 2.69 bits per heavy atom. The number of anilines is 2. The van der Waals surface area contributed by atoms with Gasteiger partial charge in [0.1, 0.15) is 5.82 Å². The van der Waals surface area contributed by atoms with Gasteiger partial charge in [-0.1, -0.05) is 6.92 Å². The molecule has 12 heteroatoms. The molecule has 3 saturated heterocycles. The first kappa shape index (κ1) is 30.5. The molecule has 1 aromatic heterocycles. The Balaban J connectivity index is 0.000000295. The molecule has 2 aromatic rings. The molecule has 8 nitrogen and oxygen atoms in total. The summed E-state index contributed by atoms with van der Waals surface area (Å²) in [6, 6.07) is 3.53. The molecule has 0 aliphatic carbocycles. The molecule has 3 unspecified atom stereocenters. The second-order valence-electron chi connectivity index (χ2n) is 11.6. The third-order valence-electron chi connectivity index (χ3n) is 8.36. The van der Waals surface area contributed by atoms with Crippen molar-refractivity contribution in [2.75, 3.05) is 57.1 Å². The summed E-state index contributed by atoms with van der Waals surface area (Å²) in [4.78, 5) is 13.5. The standard InChI is InChI=1S/C22H27F3N4O3.C8H12FN/c1-12-9-29(4-5-31-10-12)20-16-11-32-18(8-17(16)27-21(28-20)30-3)15-7-14(26)6-13(2)19(15)22(23,24)25;9-5-7-4-8-2-1-3-10(8)6-7/h6-7,12,18H,4-5,8-11,26H2,1-3H3;5,8H,1-4,6H2/b;7-5-. The zero-order valence-electron chi connectivity index (χ0n) is 24.3. The van der Waals surface area contributed by atoms with Crippen molar-refractivity contribution in [3.8, 4) is 6.01 Å². The monoisotopic (exact) mass is 593 g/mol. The minimum Gasteiger partial charge on any atom is -0.467 e. The molecule has 6 rings (SSSR count). The minimum absolute atomic E-state index is 0.0246. The number of methoxy groups -OCH3 is 1. The molecule has 230 valence electrons. The van der Waals surface area contributed by atoms with Crippen LogP contribution < -0.4 is 15.4 Å². The first-order valence-corrected chi connectivity index (χ1v) is 14.4. The number of hydrogen-bond donors (Lipinski definition) is 1. The van der Waals surface area contributed by atoms with E-state index in [0.29, 0.717) is 43.2 Å². The molecule has 2 N–H and O–H groups in total. The number of rotatable bonds is 3. The van der Waals surface area contributed by atoms with Gasteiger partial charge in [0.15, 0.2) is 0 Å². The molecule has 4 aliphatic rings. The smallest absolute Gasteiger partial charge is 0.417 e. The zero-order chi connectivity index (χ0) is 30.0. The summed E-state index contributed by atoms with van der Waals surface area (Å²) in [5.74, 6) is 0.985. The Morgan fingerprint density at radius 2 is 1.98 bits per heavy atom. The van der Waals surface area contributed by atoms with Crippen molar-refractivity contribution in [1.82, 2.24) is 14.9 Å². The molecule has 0 bridgehead atoms. The topological polar surface area (TPSA) is 86.0 Å². The van der Waals surface area contributed by atoms with E-state index in [-0.39, 0.29) is 35.9 Å². The van der Waals surface area contributed by atoms with Gasteiger partial charge in [-0.05, 0) is 67.5 Å². The van der Waals surface area contributed by atoms with Crippen LogP contribution in [0.3, 0.4) is 0 Å². The van der Waals surface area contributed by atoms with Crippen molar-refractivity contribution in [2.45, 2.75) is 64.5 Å². The number of halogens is 4. The highest BCUT2D eigenvalue weighted by atomic mass is 19.4. The van der Waals surface area contributed by atoms with Crippen molar-refractivity contribution in [3.05, 3.63) is 52.0 Å². The Morgan fingerprint density at radius 1 is 1.17 bits per heavy atom. The van der Waals surface area contributed by atoms with E-state index in [1.54, 1.807) is 0 Å². The lowest BCUT2D eigenvalue weighted by Crippen LogP contribution is -2.32. The lowest BCUT2D eigenvalue weighted by atomic mass is 9.92. The number of fused-ring (bicyclic) bond motifs is 2. The number of nitrogen functional groups attached to an aromatic ring is 1. The maximum Gasteiger partial charge on any atom is 0.417 e. The van der Waals surface area contributed by atoms with E-state index in [2.05, 4.69) is 26.7 Å². The minimum atomic E-state index is -4.52. The molecule has 0 spiro atoms. The van der Waals surface area contributed by atoms with Gasteiger partial charge in [-0.3, -0.25) is 4.90 Å². The van der Waals surface area contributed by atoms with Crippen LogP contribution in [-0.2, 0) is 28.7 Å². The zero-order valence-corrected chi connectivity index (χ0v) is 24.3. The highest BCUT2D eigenvalue weighted by Gasteiger charge is 2.39. The van der Waals surface area contributed by atoms with Crippen LogP contribution in [0.25, 0.3) is 0 Å². The summed E-state index contributed by atoms with van der Waals surface area (Å²) in [6.45, 7) is 8.28. The van der Waals surface area contributed by atoms with Crippen LogP contribution in [0.2, 0.25) is 0 Å². The molecule has 42 heavy (non-hydrogen) atoms. The van der Waals surface area contributed by atoms with Crippen molar-refractivity contribution >= 4 is 11.5 Å². The third kappa shape index (κ3) is 6.65. The van der Waals surface area contributed by atoms with Crippen LogP contribution in [0.1, 0.15) is 60.2 Å². The van der Waals surface area contributed by atoms with Crippen LogP contribution in [0.5, 0.6) is 6.01 Å². The summed E-state index contributed by atoms with van der Waals surface area (Å²) in [7, 11) is 1.47. The molecule has 4 aliphatic heterocycles. The predicted octanol–water partition coefficient (Wildman–Crippen LogP) is 5.39. The third-order valence-corrected chi connectivity index (χ3v) is 8.36. The number of aryl methyl sites for hydroxylation is 1. The second-order valence-corrected chi connectivity index (χ2v) is 11.6. The SMILES string of the molecule is COc1nc2c(c(N3CCOCC(C)C3)n1)COC(c1cc(N)cc(C)c1C(F)(F)F)C2.F/C=C1/CC2CCCN2C1. The second kappa shape index (κ2) is 12.7. The maximum atomic E-state index is 13.8. The lowest BCUT2D eigenvalue weighted by molar-refractivity contribution is -0.140. The molecule has 0 amide bonds. The Bertz CT molecular complexity index is 1290. The van der Waals surface area contributed by atoms with Gasteiger partial charge < -0.3 is 24.8 Å². The van der Waals surface area contributed by atoms with E-state index >= 15 is 0 Å². The van der Waals surface area contributed by atoms with Crippen LogP contribution in [0, 0.1) is 12.8 Å². The Labute approximate surface area is 243 Å². The van der Waals surface area contributed by atoms with Crippen molar-refractivity contribution in [3.63, 3.8) is 0 Å². The van der Waals surface area contributed by atoms with Gasteiger partial charge in [0.05, 0.1) is 50.6 Å². The predicted molar refractivity (Wildman–Crippen MR) is 151 cm³/mol. The summed E-state index contributed by atoms with van der Waals surface area (Å²) in [5.41, 5.74) is 7.91. The summed E-state index contributed by atoms with van der Waals surface area (Å²) >= 11 is 0. The number of hydrogen-bond acceptors (Lipinski definition) is 8. The van der Waals surface area contributed by atoms with Crippen LogP contribution in [-0.4, -0.2) is 67.4 Å². The molecule has 0 saturated carbocycles. The number of benzene rings is 1. The van der Waals surface area contributed by atoms with Gasteiger partial charge in [-0.15, -0.1) is 0 Å². The van der Waals surface area contributed by atoms with Crippen molar-refractivity contribution in [2.24, 2.45) is 5.92 Å². The van der Waals surface area contributed by atoms with E-state index in [0.717, 1.165) is 37.0 Å². The van der Waals surface area contributed by atoms with Crippen LogP contribution in [0.4, 0.5) is 29.1 Å². The fourth-order valence-electron chi connectivity index (χ4n) is 6.48. The molecular weight excluding hydrogens is 554 g/mol. The normalized spacial score (nSPS) is 25.5. The van der Waals surface area contributed by atoms with Gasteiger partial charge in [-0.25, -0.2) is 4.39 Å². The molecule has 3 atom stereocenters. The molecule has 5 heterocycles. The first-order chi connectivity index (χ1) is 20.1. The van der Waals surface area contributed by atoms with E-state index in [4.69, 9.17) is 19.9 Å². The van der Waals surface area contributed by atoms with Crippen molar-refractivity contribution < 1.29 is 31.8 Å². The Kier molecular flexibility index (Phi) is 9.24. The molecule has 3 fully saturated rings. The highest BCUT2D eigenvalue weighted by molar-refractivity contribution is 5.54. The average Bonchev–Trinajstić information content (AvgIpc) is 3.48. The molecular formula is C30H39F4N5O3. The summed E-state index contributed by atoms with van der Waals surface area (Å²) in [6.07, 6.45) is -0.836. The highest BCUT2D eigenvalue weighted by Crippen LogP contribution is 2.43. The van der Waals surface area contributed by atoms with Gasteiger partial charge >= 0.3 is 12.2 Å². The maximum absolute atomic E-state index is 13.8. The van der Waals surface area contributed by atoms with E-state index in [9.17, 15) is 17.6 Å². The van der Waals surface area contributed by atoms with Gasteiger partial charge in [-0.2, -0.15) is 23.1 Å². The lowest BCUT2D eigenvalue weighted by Gasteiger charge is -2.32.